The lowest BCUT2D eigenvalue weighted by Crippen LogP contribution is -2.37. The summed E-state index contributed by atoms with van der Waals surface area (Å²) in [4.78, 5) is 15.4. The molecule has 10 heteroatoms. The summed E-state index contributed by atoms with van der Waals surface area (Å²) in [6.07, 6.45) is 0.837. The number of carbonyl (C=O) groups is 1. The molecule has 0 saturated heterocycles. The molecule has 0 saturated carbocycles. The van der Waals surface area contributed by atoms with Gasteiger partial charge >= 0.3 is 0 Å². The first kappa shape index (κ1) is 27.1. The van der Waals surface area contributed by atoms with Crippen LogP contribution in [-0.2, 0) is 21.2 Å². The molecule has 0 unspecified atom stereocenters. The van der Waals surface area contributed by atoms with Gasteiger partial charge in [-0.05, 0) is 49.2 Å². The maximum atomic E-state index is 13.4. The minimum atomic E-state index is -3.64. The Bertz CT molecular complexity index is 1580. The van der Waals surface area contributed by atoms with Gasteiger partial charge in [0.15, 0.2) is 11.0 Å². The highest BCUT2D eigenvalue weighted by Gasteiger charge is 2.31. The minimum absolute atomic E-state index is 0.00826. The number of para-hydroxylation sites is 2. The number of carbonyl (C=O) groups excluding carboxylic acids is 1. The maximum absolute atomic E-state index is 13.4. The third-order valence-corrected chi connectivity index (χ3v) is 9.84. The Morgan fingerprint density at radius 1 is 0.974 bits per heavy atom. The second-order valence-corrected chi connectivity index (χ2v) is 12.2. The van der Waals surface area contributed by atoms with Crippen LogP contribution in [0, 0.1) is 0 Å². The van der Waals surface area contributed by atoms with Gasteiger partial charge in [-0.1, -0.05) is 74.1 Å². The van der Waals surface area contributed by atoms with Crippen molar-refractivity contribution in [2.45, 2.75) is 43.3 Å². The van der Waals surface area contributed by atoms with Crippen LogP contribution in [0.15, 0.2) is 88.9 Å². The fourth-order valence-electron chi connectivity index (χ4n) is 5.01. The van der Waals surface area contributed by atoms with E-state index >= 15 is 0 Å². The molecule has 8 nitrogen and oxygen atoms in total. The van der Waals surface area contributed by atoms with E-state index in [1.54, 1.807) is 18.2 Å². The standard InChI is InChI=1S/C29H31N5O3S2/c1-4-32(5-2)39(36,37)25-16-11-13-23(19-25)28-30-31-29(34(28)24-14-7-6-8-15-24)38-20-27(35)33-21(3)18-22-12-9-10-17-26(22)33/h6-17,19,21H,4-5,18,20H2,1-3H3/t21-/m0/s1. The van der Waals surface area contributed by atoms with E-state index in [4.69, 9.17) is 0 Å². The van der Waals surface area contributed by atoms with Crippen molar-refractivity contribution < 1.29 is 13.2 Å². The number of anilines is 1. The van der Waals surface area contributed by atoms with Crippen LogP contribution >= 0.6 is 11.8 Å². The van der Waals surface area contributed by atoms with Crippen LogP contribution in [0.1, 0.15) is 26.3 Å². The summed E-state index contributed by atoms with van der Waals surface area (Å²) in [5.74, 6) is 0.710. The fraction of sp³-hybridized carbons (Fsp3) is 0.276. The van der Waals surface area contributed by atoms with Crippen LogP contribution in [0.2, 0.25) is 0 Å². The molecule has 1 aromatic heterocycles. The Morgan fingerprint density at radius 2 is 1.69 bits per heavy atom. The zero-order chi connectivity index (χ0) is 27.6. The molecule has 0 aliphatic carbocycles. The van der Waals surface area contributed by atoms with Gasteiger partial charge < -0.3 is 4.90 Å². The van der Waals surface area contributed by atoms with Crippen LogP contribution in [0.25, 0.3) is 17.1 Å². The number of benzene rings is 3. The first-order chi connectivity index (χ1) is 18.8. The number of thioether (sulfide) groups is 1. The highest BCUT2D eigenvalue weighted by Crippen LogP contribution is 2.34. The number of hydrogen-bond acceptors (Lipinski definition) is 6. The predicted molar refractivity (Wildman–Crippen MR) is 155 cm³/mol. The van der Waals surface area contributed by atoms with Crippen molar-refractivity contribution in [3.05, 3.63) is 84.4 Å². The van der Waals surface area contributed by atoms with Crippen LogP contribution < -0.4 is 4.90 Å². The quantitative estimate of drug-likeness (QED) is 0.266. The number of nitrogens with zero attached hydrogens (tertiary/aromatic N) is 5. The van der Waals surface area contributed by atoms with Gasteiger partial charge in [0.25, 0.3) is 0 Å². The van der Waals surface area contributed by atoms with Gasteiger partial charge in [0.2, 0.25) is 15.9 Å². The molecule has 2 heterocycles. The number of rotatable bonds is 9. The van der Waals surface area contributed by atoms with Crippen LogP contribution in [0.4, 0.5) is 5.69 Å². The Kier molecular flexibility index (Phi) is 7.88. The molecule has 1 atom stereocenters. The first-order valence-electron chi connectivity index (χ1n) is 13.0. The van der Waals surface area contributed by atoms with E-state index in [0.29, 0.717) is 29.6 Å². The van der Waals surface area contributed by atoms with Crippen molar-refractivity contribution in [1.29, 1.82) is 0 Å². The molecule has 1 aliphatic rings. The van der Waals surface area contributed by atoms with Gasteiger partial charge in [0.05, 0.1) is 10.6 Å². The van der Waals surface area contributed by atoms with E-state index in [1.807, 2.05) is 77.9 Å². The fourth-order valence-corrected chi connectivity index (χ4v) is 7.33. The molecule has 5 rings (SSSR count). The van der Waals surface area contributed by atoms with E-state index in [-0.39, 0.29) is 22.6 Å². The molecule has 1 amide bonds. The van der Waals surface area contributed by atoms with Gasteiger partial charge in [-0.3, -0.25) is 9.36 Å². The molecule has 0 radical (unpaired) electrons. The van der Waals surface area contributed by atoms with Crippen LogP contribution in [0.5, 0.6) is 0 Å². The maximum Gasteiger partial charge on any atom is 0.243 e. The third-order valence-electron chi connectivity index (χ3n) is 6.88. The molecule has 0 bridgehead atoms. The topological polar surface area (TPSA) is 88.4 Å². The average molecular weight is 562 g/mol. The van der Waals surface area contributed by atoms with Crippen molar-refractivity contribution in [1.82, 2.24) is 19.1 Å². The van der Waals surface area contributed by atoms with Crippen molar-refractivity contribution in [2.24, 2.45) is 0 Å². The zero-order valence-electron chi connectivity index (χ0n) is 22.2. The van der Waals surface area contributed by atoms with Gasteiger partial charge in [0.1, 0.15) is 0 Å². The van der Waals surface area contributed by atoms with Crippen molar-refractivity contribution in [3.8, 4) is 17.1 Å². The van der Waals surface area contributed by atoms with E-state index in [9.17, 15) is 13.2 Å². The lowest BCUT2D eigenvalue weighted by atomic mass is 10.1. The summed E-state index contributed by atoms with van der Waals surface area (Å²) >= 11 is 1.32. The van der Waals surface area contributed by atoms with Gasteiger partial charge in [-0.2, -0.15) is 4.31 Å². The molecule has 0 spiro atoms. The molecule has 4 aromatic rings. The Hall–Kier alpha value is -3.47. The molecular formula is C29H31N5O3S2. The smallest absolute Gasteiger partial charge is 0.243 e. The number of fused-ring (bicyclic) bond motifs is 1. The van der Waals surface area contributed by atoms with Crippen molar-refractivity contribution in [3.63, 3.8) is 0 Å². The number of amides is 1. The lowest BCUT2D eigenvalue weighted by molar-refractivity contribution is -0.116. The molecule has 39 heavy (non-hydrogen) atoms. The molecule has 3 aromatic carbocycles. The van der Waals surface area contributed by atoms with Gasteiger partial charge in [0, 0.05) is 36.1 Å². The normalized spacial score (nSPS) is 15.1. The Morgan fingerprint density at radius 3 is 2.44 bits per heavy atom. The zero-order valence-corrected chi connectivity index (χ0v) is 23.8. The summed E-state index contributed by atoms with van der Waals surface area (Å²) in [7, 11) is -3.64. The third kappa shape index (κ3) is 5.24. The molecule has 0 fully saturated rings. The monoisotopic (exact) mass is 561 g/mol. The van der Waals surface area contributed by atoms with Crippen molar-refractivity contribution in [2.75, 3.05) is 23.7 Å². The average Bonchev–Trinajstić information content (AvgIpc) is 3.53. The summed E-state index contributed by atoms with van der Waals surface area (Å²) in [6, 6.07) is 24.5. The number of aromatic nitrogens is 3. The summed E-state index contributed by atoms with van der Waals surface area (Å²) < 4.78 is 29.7. The van der Waals surface area contributed by atoms with E-state index in [2.05, 4.69) is 23.2 Å². The summed E-state index contributed by atoms with van der Waals surface area (Å²) in [6.45, 7) is 6.48. The summed E-state index contributed by atoms with van der Waals surface area (Å²) in [5.41, 5.74) is 3.59. The van der Waals surface area contributed by atoms with Crippen LogP contribution in [0.3, 0.4) is 0 Å². The molecule has 1 aliphatic heterocycles. The summed E-state index contributed by atoms with van der Waals surface area (Å²) in [5, 5.41) is 9.45. The second-order valence-electron chi connectivity index (χ2n) is 9.33. The molecule has 0 N–H and O–H groups in total. The predicted octanol–water partition coefficient (Wildman–Crippen LogP) is 5.03. The number of hydrogen-bond donors (Lipinski definition) is 0. The highest BCUT2D eigenvalue weighted by atomic mass is 32.2. The SMILES string of the molecule is CCN(CC)S(=O)(=O)c1cccc(-c2nnc(SCC(=O)N3c4ccccc4C[C@@H]3C)n2-c2ccccc2)c1. The molecular weight excluding hydrogens is 530 g/mol. The number of sulfonamides is 1. The lowest BCUT2D eigenvalue weighted by Gasteiger charge is -2.22. The molecule has 202 valence electrons. The Balaban J connectivity index is 1.48. The van der Waals surface area contributed by atoms with Crippen LogP contribution in [-0.4, -0.2) is 58.3 Å². The van der Waals surface area contributed by atoms with E-state index in [1.165, 1.54) is 21.6 Å². The van der Waals surface area contributed by atoms with Crippen molar-refractivity contribution >= 4 is 33.4 Å². The van der Waals surface area contributed by atoms with Gasteiger partial charge in [-0.25, -0.2) is 8.42 Å². The first-order valence-corrected chi connectivity index (χ1v) is 15.4. The van der Waals surface area contributed by atoms with E-state index < -0.39 is 10.0 Å². The Labute approximate surface area is 233 Å². The highest BCUT2D eigenvalue weighted by molar-refractivity contribution is 7.99. The second kappa shape index (κ2) is 11.3. The minimum Gasteiger partial charge on any atom is -0.308 e. The van der Waals surface area contributed by atoms with Gasteiger partial charge in [-0.15, -0.1) is 10.2 Å². The largest absolute Gasteiger partial charge is 0.308 e. The van der Waals surface area contributed by atoms with E-state index in [0.717, 1.165) is 17.8 Å².